The summed E-state index contributed by atoms with van der Waals surface area (Å²) in [6, 6.07) is 8.46. The van der Waals surface area contributed by atoms with Crippen LogP contribution in [0.25, 0.3) is 0 Å². The molecule has 106 valence electrons. The molecule has 2 aromatic rings. The number of aromatic nitrogens is 1. The number of hydrogen-bond donors (Lipinski definition) is 1. The Hall–Kier alpha value is -0.550. The minimum absolute atomic E-state index is 0.448. The molecular weight excluding hydrogens is 308 g/mol. The topological polar surface area (TPSA) is 24.9 Å². The van der Waals surface area contributed by atoms with E-state index in [2.05, 4.69) is 17.4 Å². The van der Waals surface area contributed by atoms with E-state index in [9.17, 15) is 0 Å². The van der Waals surface area contributed by atoms with E-state index in [-0.39, 0.29) is 0 Å². The van der Waals surface area contributed by atoms with E-state index in [1.807, 2.05) is 42.3 Å². The molecule has 0 saturated carbocycles. The fourth-order valence-corrected chi connectivity index (χ4v) is 4.68. The predicted octanol–water partition coefficient (Wildman–Crippen LogP) is 4.69. The normalized spacial score (nSPS) is 18.0. The van der Waals surface area contributed by atoms with Crippen LogP contribution in [0.5, 0.6) is 0 Å². The average molecular weight is 325 g/mol. The highest BCUT2D eigenvalue weighted by Crippen LogP contribution is 2.35. The van der Waals surface area contributed by atoms with E-state index < -0.39 is 0 Å². The van der Waals surface area contributed by atoms with Gasteiger partial charge in [0, 0.05) is 14.8 Å². The third kappa shape index (κ3) is 3.19. The molecule has 0 aliphatic heterocycles. The number of nitrogens with one attached hydrogen (secondary N) is 1. The van der Waals surface area contributed by atoms with Crippen LogP contribution in [0.3, 0.4) is 0 Å². The molecule has 1 unspecified atom stereocenters. The van der Waals surface area contributed by atoms with Gasteiger partial charge in [-0.25, -0.2) is 4.98 Å². The predicted molar refractivity (Wildman–Crippen MR) is 87.9 cm³/mol. The van der Waals surface area contributed by atoms with E-state index in [4.69, 9.17) is 16.6 Å². The van der Waals surface area contributed by atoms with Crippen molar-refractivity contribution in [3.8, 4) is 0 Å². The highest BCUT2D eigenvalue weighted by atomic mass is 35.5. The van der Waals surface area contributed by atoms with E-state index in [1.54, 1.807) is 0 Å². The van der Waals surface area contributed by atoms with Gasteiger partial charge in [0.05, 0.1) is 17.5 Å². The van der Waals surface area contributed by atoms with Crippen molar-refractivity contribution >= 4 is 34.7 Å². The van der Waals surface area contributed by atoms with Crippen LogP contribution in [-0.4, -0.2) is 12.0 Å². The molecule has 1 heterocycles. The van der Waals surface area contributed by atoms with Gasteiger partial charge in [-0.05, 0) is 50.6 Å². The lowest BCUT2D eigenvalue weighted by atomic mass is 9.98. The molecule has 0 amide bonds. The van der Waals surface area contributed by atoms with Gasteiger partial charge >= 0.3 is 0 Å². The summed E-state index contributed by atoms with van der Waals surface area (Å²) in [6.45, 7) is 0. The third-order valence-corrected chi connectivity index (χ3v) is 6.11. The second-order valence-corrected chi connectivity index (χ2v) is 7.55. The average Bonchev–Trinajstić information content (AvgIpc) is 2.89. The number of benzene rings is 1. The van der Waals surface area contributed by atoms with Gasteiger partial charge in [0.15, 0.2) is 0 Å². The zero-order valence-electron chi connectivity index (χ0n) is 11.4. The van der Waals surface area contributed by atoms with Crippen LogP contribution in [0.2, 0.25) is 5.02 Å². The maximum absolute atomic E-state index is 5.90. The summed E-state index contributed by atoms with van der Waals surface area (Å²) < 4.78 is 0. The minimum Gasteiger partial charge on any atom is -0.312 e. The summed E-state index contributed by atoms with van der Waals surface area (Å²) in [5.74, 6) is 0.940. The van der Waals surface area contributed by atoms with Crippen molar-refractivity contribution < 1.29 is 0 Å². The summed E-state index contributed by atoms with van der Waals surface area (Å²) in [5.41, 5.74) is 1.29. The molecule has 2 nitrogen and oxygen atoms in total. The SMILES string of the molecule is CNC1CCCc2sc(CSc3ccc(Cl)cc3)nc21. The molecule has 1 aliphatic carbocycles. The zero-order chi connectivity index (χ0) is 13.9. The van der Waals surface area contributed by atoms with E-state index >= 15 is 0 Å². The van der Waals surface area contributed by atoms with Crippen LogP contribution in [0.15, 0.2) is 29.2 Å². The van der Waals surface area contributed by atoms with Crippen LogP contribution < -0.4 is 5.32 Å². The van der Waals surface area contributed by atoms with Crippen molar-refractivity contribution in [1.82, 2.24) is 10.3 Å². The molecule has 1 N–H and O–H groups in total. The van der Waals surface area contributed by atoms with Crippen molar-refractivity contribution in [2.45, 2.75) is 36.0 Å². The molecular formula is C15H17ClN2S2. The molecule has 0 spiro atoms. The van der Waals surface area contributed by atoms with E-state index in [0.29, 0.717) is 6.04 Å². The number of thiazole rings is 1. The lowest BCUT2D eigenvalue weighted by molar-refractivity contribution is 0.489. The van der Waals surface area contributed by atoms with Crippen molar-refractivity contribution in [2.75, 3.05) is 7.05 Å². The molecule has 0 fully saturated rings. The van der Waals surface area contributed by atoms with Gasteiger partial charge in [-0.1, -0.05) is 11.6 Å². The van der Waals surface area contributed by atoms with Gasteiger partial charge in [0.2, 0.25) is 0 Å². The molecule has 1 atom stereocenters. The maximum atomic E-state index is 5.90. The number of thioether (sulfide) groups is 1. The third-order valence-electron chi connectivity index (χ3n) is 3.52. The molecule has 20 heavy (non-hydrogen) atoms. The first-order valence-corrected chi connectivity index (χ1v) is 8.98. The van der Waals surface area contributed by atoms with Crippen LogP contribution in [0, 0.1) is 0 Å². The Labute approximate surface area is 133 Å². The first kappa shape index (κ1) is 14.4. The first-order valence-electron chi connectivity index (χ1n) is 6.80. The van der Waals surface area contributed by atoms with Crippen LogP contribution in [0.4, 0.5) is 0 Å². The Balaban J connectivity index is 1.69. The molecule has 0 saturated heterocycles. The Morgan fingerprint density at radius 3 is 2.95 bits per heavy atom. The lowest BCUT2D eigenvalue weighted by Crippen LogP contribution is -2.21. The molecule has 1 aliphatic rings. The standard InChI is InChI=1S/C15H17ClN2S2/c1-17-12-3-2-4-13-15(12)18-14(20-13)9-19-11-7-5-10(16)6-8-11/h5-8,12,17H,2-4,9H2,1H3. The Morgan fingerprint density at radius 1 is 1.40 bits per heavy atom. The number of nitrogens with zero attached hydrogens (tertiary/aromatic N) is 1. The van der Waals surface area contributed by atoms with Gasteiger partial charge < -0.3 is 5.32 Å². The Kier molecular flexibility index (Phi) is 4.66. The Bertz CT molecular complexity index is 580. The highest BCUT2D eigenvalue weighted by molar-refractivity contribution is 7.98. The van der Waals surface area contributed by atoms with Gasteiger partial charge in [-0.3, -0.25) is 0 Å². The fourth-order valence-electron chi connectivity index (χ4n) is 2.49. The second-order valence-electron chi connectivity index (χ2n) is 4.89. The van der Waals surface area contributed by atoms with Gasteiger partial charge in [-0.15, -0.1) is 23.1 Å². The monoisotopic (exact) mass is 324 g/mol. The fraction of sp³-hybridized carbons (Fsp3) is 0.400. The zero-order valence-corrected chi connectivity index (χ0v) is 13.7. The molecule has 3 rings (SSSR count). The van der Waals surface area contributed by atoms with E-state index in [0.717, 1.165) is 10.8 Å². The quantitative estimate of drug-likeness (QED) is 0.826. The van der Waals surface area contributed by atoms with Gasteiger partial charge in [0.1, 0.15) is 5.01 Å². The van der Waals surface area contributed by atoms with Crippen molar-refractivity contribution in [3.63, 3.8) is 0 Å². The number of rotatable bonds is 4. The summed E-state index contributed by atoms with van der Waals surface area (Å²) in [7, 11) is 2.03. The molecule has 1 aromatic heterocycles. The van der Waals surface area contributed by atoms with E-state index in [1.165, 1.54) is 39.7 Å². The highest BCUT2D eigenvalue weighted by Gasteiger charge is 2.23. The number of fused-ring (bicyclic) bond motifs is 1. The van der Waals surface area contributed by atoms with Crippen molar-refractivity contribution in [3.05, 3.63) is 44.9 Å². The number of hydrogen-bond acceptors (Lipinski definition) is 4. The second kappa shape index (κ2) is 6.48. The summed E-state index contributed by atoms with van der Waals surface area (Å²) in [6.07, 6.45) is 3.66. The largest absolute Gasteiger partial charge is 0.312 e. The lowest BCUT2D eigenvalue weighted by Gasteiger charge is -2.19. The van der Waals surface area contributed by atoms with Crippen LogP contribution in [-0.2, 0) is 12.2 Å². The van der Waals surface area contributed by atoms with Crippen LogP contribution >= 0.6 is 34.7 Å². The summed E-state index contributed by atoms with van der Waals surface area (Å²) in [4.78, 5) is 7.56. The van der Waals surface area contributed by atoms with Gasteiger partial charge in [-0.2, -0.15) is 0 Å². The first-order chi connectivity index (χ1) is 9.76. The summed E-state index contributed by atoms with van der Waals surface area (Å²) in [5, 5.41) is 5.40. The number of halogens is 1. The van der Waals surface area contributed by atoms with Gasteiger partial charge in [0.25, 0.3) is 0 Å². The van der Waals surface area contributed by atoms with Crippen molar-refractivity contribution in [1.29, 1.82) is 0 Å². The number of aryl methyl sites for hydroxylation is 1. The smallest absolute Gasteiger partial charge is 0.103 e. The van der Waals surface area contributed by atoms with Crippen LogP contribution in [0.1, 0.15) is 34.5 Å². The molecule has 1 aromatic carbocycles. The summed E-state index contributed by atoms with van der Waals surface area (Å²) >= 11 is 9.61. The molecule has 0 bridgehead atoms. The molecule has 5 heteroatoms. The van der Waals surface area contributed by atoms with Crippen molar-refractivity contribution in [2.24, 2.45) is 0 Å². The Morgan fingerprint density at radius 2 is 2.20 bits per heavy atom. The minimum atomic E-state index is 0.448. The maximum Gasteiger partial charge on any atom is 0.103 e. The molecule has 0 radical (unpaired) electrons.